The minimum atomic E-state index is 0.242. The molecule has 6 nitrogen and oxygen atoms in total. The van der Waals surface area contributed by atoms with E-state index in [1.807, 2.05) is 30.3 Å². The number of hydrogen-bond donors (Lipinski definition) is 0. The topological polar surface area (TPSA) is 60.6 Å². The lowest BCUT2D eigenvalue weighted by atomic mass is 10.1. The van der Waals surface area contributed by atoms with Crippen molar-refractivity contribution in [3.8, 4) is 22.9 Å². The monoisotopic (exact) mass is 413 g/mol. The largest absolute Gasteiger partial charge is 0.454 e. The van der Waals surface area contributed by atoms with Crippen molar-refractivity contribution in [2.45, 2.75) is 19.5 Å². The van der Waals surface area contributed by atoms with Crippen LogP contribution in [0.25, 0.3) is 11.4 Å². The molecule has 156 valence electrons. The quantitative estimate of drug-likeness (QED) is 0.417. The van der Waals surface area contributed by atoms with Gasteiger partial charge in [-0.05, 0) is 35.7 Å². The van der Waals surface area contributed by atoms with Crippen molar-refractivity contribution in [2.75, 3.05) is 13.3 Å². The fourth-order valence-corrected chi connectivity index (χ4v) is 3.65. The number of hydrogen-bond acceptors (Lipinski definition) is 6. The summed E-state index contributed by atoms with van der Waals surface area (Å²) in [4.78, 5) is 6.96. The lowest BCUT2D eigenvalue weighted by molar-refractivity contribution is 0.174. The molecular weight excluding hydrogens is 390 g/mol. The number of rotatable bonds is 8. The van der Waals surface area contributed by atoms with Crippen molar-refractivity contribution in [3.05, 3.63) is 95.9 Å². The predicted octanol–water partition coefficient (Wildman–Crippen LogP) is 4.71. The standard InChI is InChI=1S/C25H23N3O3/c1-3-7-19(8-4-1)13-14-28(16-20-9-5-2-6-10-20)17-24-26-25(27-31-24)21-11-12-22-23(15-21)30-18-29-22/h1-12,15H,13-14,16-18H2. The molecule has 0 radical (unpaired) electrons. The number of benzene rings is 3. The molecule has 5 rings (SSSR count). The van der Waals surface area contributed by atoms with Gasteiger partial charge in [-0.15, -0.1) is 0 Å². The summed E-state index contributed by atoms with van der Waals surface area (Å²) < 4.78 is 16.4. The number of ether oxygens (including phenoxy) is 2. The van der Waals surface area contributed by atoms with Crippen LogP contribution in [0.5, 0.6) is 11.5 Å². The van der Waals surface area contributed by atoms with E-state index in [0.29, 0.717) is 24.0 Å². The molecule has 0 atom stereocenters. The van der Waals surface area contributed by atoms with Crippen molar-refractivity contribution >= 4 is 0 Å². The van der Waals surface area contributed by atoms with Crippen LogP contribution in [0, 0.1) is 0 Å². The van der Waals surface area contributed by atoms with Gasteiger partial charge in [0.2, 0.25) is 18.5 Å². The molecule has 0 spiro atoms. The Morgan fingerprint density at radius 1 is 0.774 bits per heavy atom. The molecule has 1 aliphatic rings. The molecule has 1 aromatic heterocycles. The van der Waals surface area contributed by atoms with Crippen LogP contribution in [-0.2, 0) is 19.5 Å². The minimum Gasteiger partial charge on any atom is -0.454 e. The van der Waals surface area contributed by atoms with Gasteiger partial charge in [-0.2, -0.15) is 4.98 Å². The molecule has 0 saturated heterocycles. The van der Waals surface area contributed by atoms with Crippen LogP contribution in [0.1, 0.15) is 17.0 Å². The van der Waals surface area contributed by atoms with Gasteiger partial charge in [-0.3, -0.25) is 4.90 Å². The maximum atomic E-state index is 5.58. The van der Waals surface area contributed by atoms with E-state index in [0.717, 1.165) is 30.8 Å². The Morgan fingerprint density at radius 3 is 2.32 bits per heavy atom. The van der Waals surface area contributed by atoms with Crippen molar-refractivity contribution in [3.63, 3.8) is 0 Å². The zero-order valence-electron chi connectivity index (χ0n) is 17.1. The van der Waals surface area contributed by atoms with Crippen LogP contribution in [-0.4, -0.2) is 28.4 Å². The first kappa shape index (κ1) is 19.3. The van der Waals surface area contributed by atoms with Crippen LogP contribution >= 0.6 is 0 Å². The first-order valence-electron chi connectivity index (χ1n) is 10.4. The fourth-order valence-electron chi connectivity index (χ4n) is 3.65. The Kier molecular flexibility index (Phi) is 5.62. The van der Waals surface area contributed by atoms with E-state index in [1.165, 1.54) is 11.1 Å². The second-order valence-corrected chi connectivity index (χ2v) is 7.51. The third-order valence-corrected chi connectivity index (χ3v) is 5.27. The van der Waals surface area contributed by atoms with Crippen molar-refractivity contribution in [2.24, 2.45) is 0 Å². The van der Waals surface area contributed by atoms with Crippen LogP contribution in [0.3, 0.4) is 0 Å². The molecule has 4 aromatic rings. The Balaban J connectivity index is 1.31. The summed E-state index contributed by atoms with van der Waals surface area (Å²) in [5.41, 5.74) is 3.41. The highest BCUT2D eigenvalue weighted by molar-refractivity contribution is 5.61. The normalized spacial score (nSPS) is 12.4. The molecule has 0 bridgehead atoms. The zero-order valence-corrected chi connectivity index (χ0v) is 17.1. The first-order valence-corrected chi connectivity index (χ1v) is 10.4. The molecule has 1 aliphatic heterocycles. The summed E-state index contributed by atoms with van der Waals surface area (Å²) in [7, 11) is 0. The molecule has 2 heterocycles. The molecule has 0 aliphatic carbocycles. The molecule has 0 unspecified atom stereocenters. The smallest absolute Gasteiger partial charge is 0.241 e. The lowest BCUT2D eigenvalue weighted by Gasteiger charge is -2.20. The van der Waals surface area contributed by atoms with Gasteiger partial charge in [-0.25, -0.2) is 0 Å². The number of fused-ring (bicyclic) bond motifs is 1. The van der Waals surface area contributed by atoms with E-state index in [2.05, 4.69) is 63.6 Å². The third-order valence-electron chi connectivity index (χ3n) is 5.27. The minimum absolute atomic E-state index is 0.242. The van der Waals surface area contributed by atoms with Crippen molar-refractivity contribution in [1.82, 2.24) is 15.0 Å². The number of nitrogens with zero attached hydrogens (tertiary/aromatic N) is 3. The summed E-state index contributed by atoms with van der Waals surface area (Å²) in [6.07, 6.45) is 0.955. The number of aromatic nitrogens is 2. The molecule has 0 amide bonds. The SMILES string of the molecule is c1ccc(CCN(Cc2ccccc2)Cc2nc(-c3ccc4c(c3)OCO4)no2)cc1. The molecule has 31 heavy (non-hydrogen) atoms. The second-order valence-electron chi connectivity index (χ2n) is 7.51. The van der Waals surface area contributed by atoms with Crippen LogP contribution in [0.4, 0.5) is 0 Å². The van der Waals surface area contributed by atoms with Gasteiger partial charge >= 0.3 is 0 Å². The molecule has 0 saturated carbocycles. The summed E-state index contributed by atoms with van der Waals surface area (Å²) in [5.74, 6) is 2.59. The van der Waals surface area contributed by atoms with Crippen molar-refractivity contribution < 1.29 is 14.0 Å². The van der Waals surface area contributed by atoms with Gasteiger partial charge in [-0.1, -0.05) is 65.8 Å². The Morgan fingerprint density at radius 2 is 1.52 bits per heavy atom. The van der Waals surface area contributed by atoms with Crippen LogP contribution in [0.2, 0.25) is 0 Å². The molecule has 0 fully saturated rings. The fraction of sp³-hybridized carbons (Fsp3) is 0.200. The average Bonchev–Trinajstić information content (AvgIpc) is 3.48. The van der Waals surface area contributed by atoms with Crippen LogP contribution < -0.4 is 9.47 Å². The van der Waals surface area contributed by atoms with E-state index in [4.69, 9.17) is 14.0 Å². The van der Waals surface area contributed by atoms with Crippen LogP contribution in [0.15, 0.2) is 83.4 Å². The van der Waals surface area contributed by atoms with E-state index in [9.17, 15) is 0 Å². The zero-order chi connectivity index (χ0) is 20.9. The Labute approximate surface area is 181 Å². The summed E-state index contributed by atoms with van der Waals surface area (Å²) in [6.45, 7) is 2.53. The molecule has 0 N–H and O–H groups in total. The Hall–Kier alpha value is -3.64. The highest BCUT2D eigenvalue weighted by Gasteiger charge is 2.18. The van der Waals surface area contributed by atoms with E-state index in [-0.39, 0.29) is 6.79 Å². The molecular formula is C25H23N3O3. The third kappa shape index (κ3) is 4.75. The van der Waals surface area contributed by atoms with Crippen molar-refractivity contribution in [1.29, 1.82) is 0 Å². The van der Waals surface area contributed by atoms with E-state index in [1.54, 1.807) is 0 Å². The lowest BCUT2D eigenvalue weighted by Crippen LogP contribution is -2.25. The van der Waals surface area contributed by atoms with Gasteiger partial charge in [0.05, 0.1) is 6.54 Å². The Bertz CT molecular complexity index is 1130. The molecule has 3 aromatic carbocycles. The van der Waals surface area contributed by atoms with E-state index < -0.39 is 0 Å². The highest BCUT2D eigenvalue weighted by atomic mass is 16.7. The maximum Gasteiger partial charge on any atom is 0.241 e. The highest BCUT2D eigenvalue weighted by Crippen LogP contribution is 2.35. The van der Waals surface area contributed by atoms with Gasteiger partial charge in [0.15, 0.2) is 11.5 Å². The van der Waals surface area contributed by atoms with Gasteiger partial charge in [0.25, 0.3) is 0 Å². The summed E-state index contributed by atoms with van der Waals surface area (Å²) in [5, 5.41) is 4.18. The first-order chi connectivity index (χ1) is 15.3. The summed E-state index contributed by atoms with van der Waals surface area (Å²) >= 11 is 0. The van der Waals surface area contributed by atoms with Gasteiger partial charge < -0.3 is 14.0 Å². The van der Waals surface area contributed by atoms with Gasteiger partial charge in [0.1, 0.15) is 0 Å². The maximum absolute atomic E-state index is 5.58. The summed E-state index contributed by atoms with van der Waals surface area (Å²) in [6, 6.07) is 26.6. The van der Waals surface area contributed by atoms with E-state index >= 15 is 0 Å². The second kappa shape index (κ2) is 9.02. The predicted molar refractivity (Wildman–Crippen MR) is 117 cm³/mol. The average molecular weight is 413 g/mol. The molecule has 6 heteroatoms. The van der Waals surface area contributed by atoms with Gasteiger partial charge in [0, 0.05) is 18.7 Å².